The van der Waals surface area contributed by atoms with Crippen LogP contribution < -0.4 is 10.0 Å². The third-order valence-electron chi connectivity index (χ3n) is 3.04. The minimum absolute atomic E-state index is 0.320. The van der Waals surface area contributed by atoms with Crippen LogP contribution in [0.3, 0.4) is 0 Å². The van der Waals surface area contributed by atoms with Crippen LogP contribution in [0.5, 0.6) is 0 Å². The lowest BCUT2D eigenvalue weighted by Crippen LogP contribution is -2.27. The lowest BCUT2D eigenvalue weighted by Gasteiger charge is -2.16. The van der Waals surface area contributed by atoms with Gasteiger partial charge in [0.1, 0.15) is 0 Å². The maximum Gasteiger partial charge on any atom is 0.242 e. The van der Waals surface area contributed by atoms with E-state index >= 15 is 0 Å². The summed E-state index contributed by atoms with van der Waals surface area (Å²) in [4.78, 5) is 1.11. The van der Waals surface area contributed by atoms with Gasteiger partial charge < -0.3 is 5.32 Å². The molecule has 0 saturated heterocycles. The second-order valence-corrected chi connectivity index (χ2v) is 7.69. The molecule has 0 aliphatic rings. The summed E-state index contributed by atoms with van der Waals surface area (Å²) in [5, 5.41) is 5.30. The van der Waals surface area contributed by atoms with Crippen LogP contribution in [0.1, 0.15) is 23.4 Å². The van der Waals surface area contributed by atoms with E-state index in [4.69, 9.17) is 11.6 Å². The first-order valence-electron chi connectivity index (χ1n) is 6.43. The Morgan fingerprint density at radius 1 is 1.29 bits per heavy atom. The monoisotopic (exact) mass is 344 g/mol. The SMILES string of the molecule is CNCc1sccc1S(=O)(=O)NC(C)c1ccccc1Cl. The molecule has 1 atom stereocenters. The molecule has 1 aromatic heterocycles. The van der Waals surface area contributed by atoms with E-state index in [-0.39, 0.29) is 0 Å². The molecule has 1 heterocycles. The van der Waals surface area contributed by atoms with Gasteiger partial charge in [-0.1, -0.05) is 29.8 Å². The summed E-state index contributed by atoms with van der Waals surface area (Å²) in [6, 6.07) is 8.45. The zero-order chi connectivity index (χ0) is 15.5. The van der Waals surface area contributed by atoms with Crippen molar-refractivity contribution in [2.24, 2.45) is 0 Å². The quantitative estimate of drug-likeness (QED) is 0.846. The molecule has 2 N–H and O–H groups in total. The molecule has 0 saturated carbocycles. The molecule has 0 amide bonds. The largest absolute Gasteiger partial charge is 0.315 e. The van der Waals surface area contributed by atoms with E-state index in [1.54, 1.807) is 31.5 Å². The zero-order valence-electron chi connectivity index (χ0n) is 11.8. The van der Waals surface area contributed by atoms with Crippen LogP contribution in [-0.2, 0) is 16.6 Å². The van der Waals surface area contributed by atoms with Crippen molar-refractivity contribution in [1.82, 2.24) is 10.0 Å². The molecule has 0 spiro atoms. The number of thiophene rings is 1. The number of halogens is 1. The van der Waals surface area contributed by atoms with Gasteiger partial charge in [-0.25, -0.2) is 13.1 Å². The second-order valence-electron chi connectivity index (χ2n) is 4.60. The number of hydrogen-bond acceptors (Lipinski definition) is 4. The minimum Gasteiger partial charge on any atom is -0.315 e. The minimum atomic E-state index is -3.57. The van der Waals surface area contributed by atoms with Crippen LogP contribution in [0, 0.1) is 0 Å². The standard InChI is InChI=1S/C14H17ClN2O2S2/c1-10(11-5-3-4-6-12(11)15)17-21(18,19)14-7-8-20-13(14)9-16-2/h3-8,10,16-17H,9H2,1-2H3. The molecular formula is C14H17ClN2O2S2. The fourth-order valence-electron chi connectivity index (χ4n) is 2.04. The van der Waals surface area contributed by atoms with Crippen LogP contribution in [0.25, 0.3) is 0 Å². The van der Waals surface area contributed by atoms with Gasteiger partial charge in [-0.05, 0) is 37.0 Å². The zero-order valence-corrected chi connectivity index (χ0v) is 14.1. The summed E-state index contributed by atoms with van der Waals surface area (Å²) in [6.45, 7) is 2.30. The van der Waals surface area contributed by atoms with Crippen LogP contribution in [0.15, 0.2) is 40.6 Å². The Kier molecular flexibility index (Phi) is 5.40. The summed E-state index contributed by atoms with van der Waals surface area (Å²) in [6.07, 6.45) is 0. The molecule has 0 aliphatic heterocycles. The molecule has 0 aliphatic carbocycles. The normalized spacial score (nSPS) is 13.3. The lowest BCUT2D eigenvalue weighted by atomic mass is 10.1. The molecule has 1 aromatic carbocycles. The molecular weight excluding hydrogens is 328 g/mol. The summed E-state index contributed by atoms with van der Waals surface area (Å²) in [7, 11) is -1.78. The highest BCUT2D eigenvalue weighted by Crippen LogP contribution is 2.26. The average molecular weight is 345 g/mol. The molecule has 0 bridgehead atoms. The van der Waals surface area contributed by atoms with Gasteiger partial charge in [-0.15, -0.1) is 11.3 Å². The van der Waals surface area contributed by atoms with Gasteiger partial charge in [0.15, 0.2) is 0 Å². The molecule has 0 radical (unpaired) electrons. The van der Waals surface area contributed by atoms with E-state index in [1.807, 2.05) is 18.2 Å². The second kappa shape index (κ2) is 6.89. The van der Waals surface area contributed by atoms with Gasteiger partial charge in [0.05, 0.1) is 4.90 Å². The average Bonchev–Trinajstić information content (AvgIpc) is 2.88. The summed E-state index contributed by atoms with van der Waals surface area (Å²) in [5.74, 6) is 0. The van der Waals surface area contributed by atoms with E-state index in [1.165, 1.54) is 11.3 Å². The number of sulfonamides is 1. The first-order chi connectivity index (χ1) is 9.95. The highest BCUT2D eigenvalue weighted by Gasteiger charge is 2.23. The van der Waals surface area contributed by atoms with E-state index < -0.39 is 16.1 Å². The molecule has 1 unspecified atom stereocenters. The number of nitrogens with one attached hydrogen (secondary N) is 2. The van der Waals surface area contributed by atoms with Crippen LogP contribution in [0.2, 0.25) is 5.02 Å². The third-order valence-corrected chi connectivity index (χ3v) is 6.05. The number of hydrogen-bond donors (Lipinski definition) is 2. The van der Waals surface area contributed by atoms with Crippen molar-refractivity contribution in [3.05, 3.63) is 51.2 Å². The number of rotatable bonds is 6. The predicted octanol–water partition coefficient (Wildman–Crippen LogP) is 3.16. The lowest BCUT2D eigenvalue weighted by molar-refractivity contribution is 0.566. The van der Waals surface area contributed by atoms with Crippen LogP contribution >= 0.6 is 22.9 Å². The molecule has 2 aromatic rings. The molecule has 2 rings (SSSR count). The van der Waals surface area contributed by atoms with E-state index in [2.05, 4.69) is 10.0 Å². The Hall–Kier alpha value is -0.920. The fraction of sp³-hybridized carbons (Fsp3) is 0.286. The molecule has 114 valence electrons. The summed E-state index contributed by atoms with van der Waals surface area (Å²) < 4.78 is 27.7. The van der Waals surface area contributed by atoms with Gasteiger partial charge in [-0.3, -0.25) is 0 Å². The van der Waals surface area contributed by atoms with Crippen molar-refractivity contribution in [3.8, 4) is 0 Å². The first kappa shape index (κ1) is 16.5. The van der Waals surface area contributed by atoms with Crippen molar-refractivity contribution >= 4 is 33.0 Å². The van der Waals surface area contributed by atoms with Gasteiger partial charge in [0, 0.05) is 22.5 Å². The van der Waals surface area contributed by atoms with Crippen molar-refractivity contribution < 1.29 is 8.42 Å². The van der Waals surface area contributed by atoms with Crippen molar-refractivity contribution in [3.63, 3.8) is 0 Å². The first-order valence-corrected chi connectivity index (χ1v) is 9.17. The maximum absolute atomic E-state index is 12.5. The van der Waals surface area contributed by atoms with Crippen molar-refractivity contribution in [2.75, 3.05) is 7.05 Å². The molecule has 7 heteroatoms. The van der Waals surface area contributed by atoms with E-state index in [0.29, 0.717) is 16.5 Å². The van der Waals surface area contributed by atoms with Gasteiger partial charge >= 0.3 is 0 Å². The van der Waals surface area contributed by atoms with Gasteiger partial charge in [0.2, 0.25) is 10.0 Å². The maximum atomic E-state index is 12.5. The smallest absolute Gasteiger partial charge is 0.242 e. The van der Waals surface area contributed by atoms with Crippen LogP contribution in [0.4, 0.5) is 0 Å². The van der Waals surface area contributed by atoms with Gasteiger partial charge in [-0.2, -0.15) is 0 Å². The van der Waals surface area contributed by atoms with E-state index in [0.717, 1.165) is 10.4 Å². The van der Waals surface area contributed by atoms with E-state index in [9.17, 15) is 8.42 Å². The summed E-state index contributed by atoms with van der Waals surface area (Å²) >= 11 is 7.53. The Balaban J connectivity index is 2.25. The van der Waals surface area contributed by atoms with Gasteiger partial charge in [0.25, 0.3) is 0 Å². The van der Waals surface area contributed by atoms with Crippen molar-refractivity contribution in [1.29, 1.82) is 0 Å². The Bertz CT molecular complexity index is 713. The highest BCUT2D eigenvalue weighted by molar-refractivity contribution is 7.89. The van der Waals surface area contributed by atoms with Crippen molar-refractivity contribution in [2.45, 2.75) is 24.4 Å². The highest BCUT2D eigenvalue weighted by atomic mass is 35.5. The Labute approximate surface area is 134 Å². The number of benzene rings is 1. The fourth-order valence-corrected chi connectivity index (χ4v) is 5.02. The van der Waals surface area contributed by atoms with Crippen LogP contribution in [-0.4, -0.2) is 15.5 Å². The Morgan fingerprint density at radius 2 is 2.00 bits per heavy atom. The third kappa shape index (κ3) is 3.84. The molecule has 4 nitrogen and oxygen atoms in total. The Morgan fingerprint density at radius 3 is 2.67 bits per heavy atom. The molecule has 21 heavy (non-hydrogen) atoms. The topological polar surface area (TPSA) is 58.2 Å². The predicted molar refractivity (Wildman–Crippen MR) is 87.3 cm³/mol. The summed E-state index contributed by atoms with van der Waals surface area (Å²) in [5.41, 5.74) is 0.758. The molecule has 0 fully saturated rings.